The number of pyridine rings is 1. The molecule has 30 heavy (non-hydrogen) atoms. The standard InChI is InChI=1S/C25H39N3O2/c1-3-19(2)23(29)18-21-6-4-20(5-7-21)9-12-27-13-15-28(16-14-27)25-22-10-17-30-24(22)8-11-26-25/h8,11,19-21H,3-7,9-10,12-18H2,1-2H3. The Morgan fingerprint density at radius 2 is 1.90 bits per heavy atom. The summed E-state index contributed by atoms with van der Waals surface area (Å²) in [7, 11) is 0. The maximum Gasteiger partial charge on any atom is 0.135 e. The summed E-state index contributed by atoms with van der Waals surface area (Å²) in [5.41, 5.74) is 1.30. The molecule has 0 N–H and O–H groups in total. The molecule has 0 spiro atoms. The van der Waals surface area contributed by atoms with Gasteiger partial charge in [-0.2, -0.15) is 0 Å². The van der Waals surface area contributed by atoms with Crippen molar-refractivity contribution in [1.82, 2.24) is 9.88 Å². The Morgan fingerprint density at radius 3 is 2.63 bits per heavy atom. The third kappa shape index (κ3) is 5.16. The first-order valence-electron chi connectivity index (χ1n) is 12.2. The average molecular weight is 414 g/mol. The van der Waals surface area contributed by atoms with Gasteiger partial charge in [-0.1, -0.05) is 26.7 Å². The number of Topliss-reactive ketones (excluding diaryl/α,β-unsaturated/α-hetero) is 1. The molecule has 4 rings (SSSR count). The van der Waals surface area contributed by atoms with E-state index >= 15 is 0 Å². The minimum Gasteiger partial charge on any atom is -0.493 e. The van der Waals surface area contributed by atoms with E-state index in [2.05, 4.69) is 28.6 Å². The van der Waals surface area contributed by atoms with Gasteiger partial charge < -0.3 is 9.64 Å². The molecule has 3 heterocycles. The summed E-state index contributed by atoms with van der Waals surface area (Å²) in [5.74, 6) is 4.42. The first-order valence-corrected chi connectivity index (χ1v) is 12.2. The molecule has 1 aromatic rings. The lowest BCUT2D eigenvalue weighted by Gasteiger charge is -2.37. The predicted molar refractivity (Wildman–Crippen MR) is 121 cm³/mol. The molecule has 5 heteroatoms. The van der Waals surface area contributed by atoms with Gasteiger partial charge in [0.15, 0.2) is 0 Å². The second-order valence-electron chi connectivity index (χ2n) is 9.69. The number of piperazine rings is 1. The highest BCUT2D eigenvalue weighted by molar-refractivity contribution is 5.80. The van der Waals surface area contributed by atoms with E-state index in [9.17, 15) is 4.79 Å². The fourth-order valence-electron chi connectivity index (χ4n) is 5.36. The normalized spacial score (nSPS) is 25.6. The van der Waals surface area contributed by atoms with Gasteiger partial charge in [0.2, 0.25) is 0 Å². The van der Waals surface area contributed by atoms with Gasteiger partial charge in [0.1, 0.15) is 17.4 Å². The molecule has 1 atom stereocenters. The van der Waals surface area contributed by atoms with Crippen LogP contribution in [0, 0.1) is 17.8 Å². The van der Waals surface area contributed by atoms with Crippen LogP contribution in [0.3, 0.4) is 0 Å². The van der Waals surface area contributed by atoms with Crippen molar-refractivity contribution >= 4 is 11.6 Å². The molecule has 2 fully saturated rings. The highest BCUT2D eigenvalue weighted by Gasteiger charge is 2.27. The number of fused-ring (bicyclic) bond motifs is 1. The number of hydrogen-bond acceptors (Lipinski definition) is 5. The van der Waals surface area contributed by atoms with Gasteiger partial charge in [0.25, 0.3) is 0 Å². The van der Waals surface area contributed by atoms with Crippen LogP contribution in [0.2, 0.25) is 0 Å². The molecule has 1 aromatic heterocycles. The fraction of sp³-hybridized carbons (Fsp3) is 0.760. The maximum absolute atomic E-state index is 12.2. The first-order chi connectivity index (χ1) is 14.6. The van der Waals surface area contributed by atoms with Crippen molar-refractivity contribution in [2.75, 3.05) is 44.2 Å². The molecular formula is C25H39N3O2. The van der Waals surface area contributed by atoms with Crippen LogP contribution in [0.4, 0.5) is 5.82 Å². The Morgan fingerprint density at radius 1 is 1.17 bits per heavy atom. The molecule has 3 aliphatic rings. The van der Waals surface area contributed by atoms with Crippen LogP contribution in [0.1, 0.15) is 64.4 Å². The molecule has 1 unspecified atom stereocenters. The zero-order valence-corrected chi connectivity index (χ0v) is 18.9. The molecule has 2 aliphatic heterocycles. The third-order valence-electron chi connectivity index (χ3n) is 7.74. The number of hydrogen-bond donors (Lipinski definition) is 0. The molecule has 166 valence electrons. The Labute approximate surface area is 182 Å². The van der Waals surface area contributed by atoms with E-state index in [0.29, 0.717) is 11.7 Å². The van der Waals surface area contributed by atoms with Crippen molar-refractivity contribution in [3.05, 3.63) is 17.8 Å². The summed E-state index contributed by atoms with van der Waals surface area (Å²) in [4.78, 5) is 22.0. The van der Waals surface area contributed by atoms with Crippen LogP contribution in [0.5, 0.6) is 5.75 Å². The molecule has 0 aromatic carbocycles. The Hall–Kier alpha value is -1.62. The lowest BCUT2D eigenvalue weighted by Crippen LogP contribution is -2.47. The van der Waals surface area contributed by atoms with E-state index in [0.717, 1.165) is 69.5 Å². The molecular weight excluding hydrogens is 374 g/mol. The van der Waals surface area contributed by atoms with Crippen LogP contribution in [-0.4, -0.2) is 55.0 Å². The number of anilines is 1. The number of carbonyl (C=O) groups excluding carboxylic acids is 1. The summed E-state index contributed by atoms with van der Waals surface area (Å²) in [6.45, 7) is 10.6. The summed E-state index contributed by atoms with van der Waals surface area (Å²) in [5, 5.41) is 0. The molecule has 1 aliphatic carbocycles. The van der Waals surface area contributed by atoms with Gasteiger partial charge in [-0.25, -0.2) is 4.98 Å². The van der Waals surface area contributed by atoms with Crippen molar-refractivity contribution in [2.45, 2.75) is 65.2 Å². The van der Waals surface area contributed by atoms with Crippen LogP contribution < -0.4 is 9.64 Å². The zero-order chi connectivity index (χ0) is 20.9. The van der Waals surface area contributed by atoms with Gasteiger partial charge in [-0.15, -0.1) is 0 Å². The topological polar surface area (TPSA) is 45.7 Å². The van der Waals surface area contributed by atoms with E-state index in [4.69, 9.17) is 4.74 Å². The van der Waals surface area contributed by atoms with Crippen LogP contribution in [0.25, 0.3) is 0 Å². The Balaban J connectivity index is 1.16. The number of ketones is 1. The fourth-order valence-corrected chi connectivity index (χ4v) is 5.36. The molecule has 5 nitrogen and oxygen atoms in total. The lowest BCUT2D eigenvalue weighted by molar-refractivity contribution is -0.123. The van der Waals surface area contributed by atoms with E-state index < -0.39 is 0 Å². The van der Waals surface area contributed by atoms with E-state index in [1.807, 2.05) is 12.3 Å². The summed E-state index contributed by atoms with van der Waals surface area (Å²) in [6, 6.07) is 2.00. The van der Waals surface area contributed by atoms with Crippen LogP contribution in [-0.2, 0) is 11.2 Å². The van der Waals surface area contributed by atoms with Gasteiger partial charge in [-0.05, 0) is 50.1 Å². The lowest BCUT2D eigenvalue weighted by atomic mass is 9.77. The van der Waals surface area contributed by atoms with Gasteiger partial charge in [0.05, 0.1) is 6.61 Å². The quantitative estimate of drug-likeness (QED) is 0.634. The van der Waals surface area contributed by atoms with Crippen molar-refractivity contribution in [3.8, 4) is 5.75 Å². The van der Waals surface area contributed by atoms with Gasteiger partial charge >= 0.3 is 0 Å². The van der Waals surface area contributed by atoms with Crippen LogP contribution in [0.15, 0.2) is 12.3 Å². The van der Waals surface area contributed by atoms with E-state index in [1.54, 1.807) is 0 Å². The number of ether oxygens (including phenoxy) is 1. The molecule has 0 radical (unpaired) electrons. The molecule has 1 saturated heterocycles. The number of carbonyl (C=O) groups is 1. The Bertz CT molecular complexity index is 706. The van der Waals surface area contributed by atoms with Crippen molar-refractivity contribution < 1.29 is 9.53 Å². The van der Waals surface area contributed by atoms with E-state index in [1.165, 1.54) is 44.2 Å². The molecule has 0 amide bonds. The monoisotopic (exact) mass is 413 g/mol. The third-order valence-corrected chi connectivity index (χ3v) is 7.74. The zero-order valence-electron chi connectivity index (χ0n) is 18.9. The predicted octanol–water partition coefficient (Wildman–Crippen LogP) is 4.34. The minimum absolute atomic E-state index is 0.251. The number of aromatic nitrogens is 1. The Kier molecular flexibility index (Phi) is 7.29. The summed E-state index contributed by atoms with van der Waals surface area (Å²) >= 11 is 0. The largest absolute Gasteiger partial charge is 0.493 e. The second kappa shape index (κ2) is 10.1. The van der Waals surface area contributed by atoms with Crippen molar-refractivity contribution in [2.24, 2.45) is 17.8 Å². The second-order valence-corrected chi connectivity index (χ2v) is 9.69. The van der Waals surface area contributed by atoms with Gasteiger partial charge in [-0.3, -0.25) is 9.69 Å². The highest BCUT2D eigenvalue weighted by Crippen LogP contribution is 2.34. The number of nitrogens with zero attached hydrogens (tertiary/aromatic N) is 3. The van der Waals surface area contributed by atoms with Crippen molar-refractivity contribution in [1.29, 1.82) is 0 Å². The van der Waals surface area contributed by atoms with Crippen LogP contribution >= 0.6 is 0 Å². The van der Waals surface area contributed by atoms with E-state index in [-0.39, 0.29) is 5.92 Å². The maximum atomic E-state index is 12.2. The SMILES string of the molecule is CCC(C)C(=O)CC1CCC(CCN2CCN(c3nccc4c3CCO4)CC2)CC1. The molecule has 0 bridgehead atoms. The summed E-state index contributed by atoms with van der Waals surface area (Å²) in [6.07, 6.45) is 11.2. The van der Waals surface area contributed by atoms with Gasteiger partial charge in [0, 0.05) is 56.7 Å². The first kappa shape index (κ1) is 21.6. The minimum atomic E-state index is 0.251. The smallest absolute Gasteiger partial charge is 0.135 e. The highest BCUT2D eigenvalue weighted by atomic mass is 16.5. The number of rotatable bonds is 8. The van der Waals surface area contributed by atoms with Crippen molar-refractivity contribution in [3.63, 3.8) is 0 Å². The average Bonchev–Trinajstić information content (AvgIpc) is 3.27. The summed E-state index contributed by atoms with van der Waals surface area (Å²) < 4.78 is 5.71. The molecule has 1 saturated carbocycles.